The Labute approximate surface area is 156 Å². The normalized spacial score (nSPS) is 24.8. The molecule has 0 aromatic heterocycles. The predicted octanol–water partition coefficient (Wildman–Crippen LogP) is 6.24. The van der Waals surface area contributed by atoms with Crippen LogP contribution in [-0.4, -0.2) is 12.2 Å². The smallest absolute Gasteiger partial charge is 0.411 e. The van der Waals surface area contributed by atoms with Gasteiger partial charge in [-0.15, -0.1) is 0 Å². The van der Waals surface area contributed by atoms with E-state index < -0.39 is 0 Å². The number of halogens is 1. The van der Waals surface area contributed by atoms with E-state index in [1.54, 1.807) is 0 Å². The molecule has 4 heteroatoms. The van der Waals surface area contributed by atoms with Crippen LogP contribution in [0.4, 0.5) is 10.5 Å². The average molecular weight is 400 g/mol. The number of amides is 1. The fraction of sp³-hybridized carbons (Fsp3) is 0.381. The first-order valence-corrected chi connectivity index (χ1v) is 9.81. The molecule has 130 valence electrons. The molecule has 3 nitrogen and oxygen atoms in total. The van der Waals surface area contributed by atoms with Crippen LogP contribution in [0.15, 0.2) is 53.0 Å². The predicted molar refractivity (Wildman–Crippen MR) is 104 cm³/mol. The molecule has 0 spiro atoms. The van der Waals surface area contributed by atoms with Gasteiger partial charge in [0, 0.05) is 10.0 Å². The van der Waals surface area contributed by atoms with E-state index in [2.05, 4.69) is 21.2 Å². The van der Waals surface area contributed by atoms with E-state index >= 15 is 0 Å². The molecule has 2 bridgehead atoms. The summed E-state index contributed by atoms with van der Waals surface area (Å²) in [6.45, 7) is 0. The Balaban J connectivity index is 1.50. The van der Waals surface area contributed by atoms with Crippen molar-refractivity contribution < 1.29 is 9.53 Å². The quantitative estimate of drug-likeness (QED) is 0.662. The Kier molecular flexibility index (Phi) is 4.80. The Bertz CT molecular complexity index is 754. The summed E-state index contributed by atoms with van der Waals surface area (Å²) in [7, 11) is 0. The molecule has 0 saturated heterocycles. The minimum absolute atomic E-state index is 0.0832. The number of ether oxygens (including phenoxy) is 1. The van der Waals surface area contributed by atoms with Gasteiger partial charge in [-0.2, -0.15) is 0 Å². The monoisotopic (exact) mass is 399 g/mol. The molecule has 1 unspecified atom stereocenters. The molecule has 3 aliphatic rings. The van der Waals surface area contributed by atoms with Gasteiger partial charge in [-0.25, -0.2) is 4.79 Å². The highest BCUT2D eigenvalue weighted by Crippen LogP contribution is 2.42. The van der Waals surface area contributed by atoms with Crippen LogP contribution in [0, 0.1) is 11.8 Å². The summed E-state index contributed by atoms with van der Waals surface area (Å²) in [5.41, 5.74) is 2.83. The Morgan fingerprint density at radius 3 is 2.48 bits per heavy atom. The van der Waals surface area contributed by atoms with Crippen LogP contribution in [0.2, 0.25) is 0 Å². The maximum atomic E-state index is 12.5. The Hall–Kier alpha value is -1.81. The lowest BCUT2D eigenvalue weighted by Gasteiger charge is -2.41. The van der Waals surface area contributed by atoms with Crippen molar-refractivity contribution in [1.82, 2.24) is 0 Å². The summed E-state index contributed by atoms with van der Waals surface area (Å²) in [6.07, 6.45) is 5.78. The molecule has 1 amide bonds. The second-order valence-corrected chi connectivity index (χ2v) is 8.06. The van der Waals surface area contributed by atoms with E-state index in [1.807, 2.05) is 48.5 Å². The topological polar surface area (TPSA) is 38.3 Å². The molecule has 2 aromatic rings. The van der Waals surface area contributed by atoms with Crippen molar-refractivity contribution in [3.8, 4) is 11.1 Å². The number of nitrogens with one attached hydrogen (secondary N) is 1. The van der Waals surface area contributed by atoms with Crippen molar-refractivity contribution in [2.24, 2.45) is 11.8 Å². The zero-order valence-corrected chi connectivity index (χ0v) is 15.7. The largest absolute Gasteiger partial charge is 0.446 e. The highest BCUT2D eigenvalue weighted by atomic mass is 79.9. The first-order valence-electron chi connectivity index (χ1n) is 9.01. The summed E-state index contributed by atoms with van der Waals surface area (Å²) in [6, 6.07) is 16.0. The number of hydrogen-bond acceptors (Lipinski definition) is 2. The number of hydrogen-bond donors (Lipinski definition) is 1. The second-order valence-electron chi connectivity index (χ2n) is 7.14. The lowest BCUT2D eigenvalue weighted by atomic mass is 9.69. The molecular weight excluding hydrogens is 378 g/mol. The Morgan fingerprint density at radius 1 is 1.04 bits per heavy atom. The van der Waals surface area contributed by atoms with Gasteiger partial charge in [-0.1, -0.05) is 52.3 Å². The number of rotatable bonds is 3. The van der Waals surface area contributed by atoms with Gasteiger partial charge in [0.25, 0.3) is 0 Å². The van der Waals surface area contributed by atoms with Gasteiger partial charge >= 0.3 is 6.09 Å². The van der Waals surface area contributed by atoms with E-state index in [9.17, 15) is 4.79 Å². The van der Waals surface area contributed by atoms with Crippen LogP contribution in [0.3, 0.4) is 0 Å². The maximum absolute atomic E-state index is 12.5. The fourth-order valence-corrected chi connectivity index (χ4v) is 4.59. The van der Waals surface area contributed by atoms with Crippen LogP contribution >= 0.6 is 15.9 Å². The SMILES string of the molecule is O=C(Nc1cc(Br)ccc1-c1ccccc1)OC1CC2CCC1CC2. The van der Waals surface area contributed by atoms with Crippen LogP contribution in [0.25, 0.3) is 11.1 Å². The lowest BCUT2D eigenvalue weighted by molar-refractivity contribution is -0.00735. The number of fused-ring (bicyclic) bond motifs is 3. The minimum Gasteiger partial charge on any atom is -0.446 e. The first kappa shape index (κ1) is 16.6. The lowest BCUT2D eigenvalue weighted by Crippen LogP contribution is -2.39. The van der Waals surface area contributed by atoms with Gasteiger partial charge in [0.15, 0.2) is 0 Å². The summed E-state index contributed by atoms with van der Waals surface area (Å²) >= 11 is 3.49. The maximum Gasteiger partial charge on any atom is 0.411 e. The van der Waals surface area contributed by atoms with Crippen molar-refractivity contribution in [3.63, 3.8) is 0 Å². The van der Waals surface area contributed by atoms with Gasteiger partial charge in [-0.3, -0.25) is 5.32 Å². The van der Waals surface area contributed by atoms with Crippen LogP contribution < -0.4 is 5.32 Å². The van der Waals surface area contributed by atoms with Crippen molar-refractivity contribution in [1.29, 1.82) is 0 Å². The molecule has 1 atom stereocenters. The van der Waals surface area contributed by atoms with Gasteiger partial charge in [0.2, 0.25) is 0 Å². The van der Waals surface area contributed by atoms with Crippen LogP contribution in [-0.2, 0) is 4.74 Å². The second kappa shape index (κ2) is 7.20. The van der Waals surface area contributed by atoms with E-state index in [4.69, 9.17) is 4.74 Å². The number of carbonyl (C=O) groups excluding carboxylic acids is 1. The molecule has 0 heterocycles. The fourth-order valence-electron chi connectivity index (χ4n) is 4.23. The third-order valence-electron chi connectivity index (χ3n) is 5.54. The zero-order chi connectivity index (χ0) is 17.2. The summed E-state index contributed by atoms with van der Waals surface area (Å²) in [5.74, 6) is 1.29. The van der Waals surface area contributed by atoms with Crippen LogP contribution in [0.1, 0.15) is 32.1 Å². The van der Waals surface area contributed by atoms with E-state index in [1.165, 1.54) is 25.7 Å². The van der Waals surface area contributed by atoms with Gasteiger partial charge in [-0.05, 0) is 61.6 Å². The van der Waals surface area contributed by atoms with E-state index in [0.29, 0.717) is 5.92 Å². The number of carbonyl (C=O) groups is 1. The molecule has 2 aromatic carbocycles. The van der Waals surface area contributed by atoms with Crippen molar-refractivity contribution in [2.75, 3.05) is 5.32 Å². The molecule has 5 rings (SSSR count). The average Bonchev–Trinajstić information content (AvgIpc) is 2.63. The third kappa shape index (κ3) is 3.74. The summed E-state index contributed by atoms with van der Waals surface area (Å²) in [4.78, 5) is 12.5. The van der Waals surface area contributed by atoms with Gasteiger partial charge in [0.05, 0.1) is 5.69 Å². The number of anilines is 1. The molecule has 0 aliphatic heterocycles. The molecule has 3 saturated carbocycles. The Morgan fingerprint density at radius 2 is 1.80 bits per heavy atom. The number of benzene rings is 2. The van der Waals surface area contributed by atoms with Crippen molar-refractivity contribution in [3.05, 3.63) is 53.0 Å². The van der Waals surface area contributed by atoms with Crippen molar-refractivity contribution in [2.45, 2.75) is 38.2 Å². The highest BCUT2D eigenvalue weighted by Gasteiger charge is 2.37. The molecule has 0 radical (unpaired) electrons. The summed E-state index contributed by atoms with van der Waals surface area (Å²) in [5, 5.41) is 2.97. The van der Waals surface area contributed by atoms with Gasteiger partial charge < -0.3 is 4.74 Å². The standard InChI is InChI=1S/C21H22BrNO2/c22-17-10-11-18(15-4-2-1-3-5-15)19(13-17)23-21(24)25-20-12-14-6-8-16(20)9-7-14/h1-5,10-11,13-14,16,20H,6-9,12H2,(H,23,24). The zero-order valence-electron chi connectivity index (χ0n) is 14.1. The molecule has 1 N–H and O–H groups in total. The van der Waals surface area contributed by atoms with Gasteiger partial charge in [0.1, 0.15) is 6.10 Å². The molecule has 25 heavy (non-hydrogen) atoms. The third-order valence-corrected chi connectivity index (χ3v) is 6.04. The molecule has 3 aliphatic carbocycles. The highest BCUT2D eigenvalue weighted by molar-refractivity contribution is 9.10. The minimum atomic E-state index is -0.340. The van der Waals surface area contributed by atoms with Crippen LogP contribution in [0.5, 0.6) is 0 Å². The van der Waals surface area contributed by atoms with E-state index in [0.717, 1.165) is 33.6 Å². The van der Waals surface area contributed by atoms with Crippen molar-refractivity contribution >= 4 is 27.7 Å². The van der Waals surface area contributed by atoms with E-state index in [-0.39, 0.29) is 12.2 Å². The first-order chi connectivity index (χ1) is 12.2. The molecular formula is C21H22BrNO2. The molecule has 3 fully saturated rings. The summed E-state index contributed by atoms with van der Waals surface area (Å²) < 4.78 is 6.72.